The van der Waals surface area contributed by atoms with E-state index < -0.39 is 22.0 Å². The van der Waals surface area contributed by atoms with E-state index in [-0.39, 0.29) is 4.90 Å². The highest BCUT2D eigenvalue weighted by Crippen LogP contribution is 2.26. The minimum absolute atomic E-state index is 0.0571. The first-order chi connectivity index (χ1) is 10.3. The number of hydrogen-bond donors (Lipinski definition) is 1. The summed E-state index contributed by atoms with van der Waals surface area (Å²) in [6.07, 6.45) is 0. The van der Waals surface area contributed by atoms with E-state index in [2.05, 4.69) is 22.6 Å². The lowest BCUT2D eigenvalue weighted by Crippen LogP contribution is -2.43. The number of carboxylic acid groups (broad SMARTS) is 1. The lowest BCUT2D eigenvalue weighted by molar-refractivity contribution is -0.137. The Kier molecular flexibility index (Phi) is 5.07. The number of nitrogens with zero attached hydrogens (tertiary/aromatic N) is 1. The molecule has 0 spiro atoms. The number of benzene rings is 2. The van der Waals surface area contributed by atoms with Crippen molar-refractivity contribution >= 4 is 44.3 Å². The summed E-state index contributed by atoms with van der Waals surface area (Å²) in [6.45, 7) is 1.35. The molecule has 0 aromatic heterocycles. The number of aliphatic carboxylic acids is 1. The zero-order valence-electron chi connectivity index (χ0n) is 11.7. The quantitative estimate of drug-likeness (QED) is 0.739. The summed E-state index contributed by atoms with van der Waals surface area (Å²) in [5.41, 5.74) is 0.319. The van der Waals surface area contributed by atoms with E-state index in [0.29, 0.717) is 5.69 Å². The second-order valence-electron chi connectivity index (χ2n) is 4.60. The number of carboxylic acids is 1. The number of anilines is 1. The molecule has 0 aliphatic heterocycles. The summed E-state index contributed by atoms with van der Waals surface area (Å²) in [7, 11) is -3.96. The van der Waals surface area contributed by atoms with Crippen LogP contribution in [0.2, 0.25) is 0 Å². The minimum Gasteiger partial charge on any atom is -0.480 e. The molecule has 1 N–H and O–H groups in total. The van der Waals surface area contributed by atoms with Crippen LogP contribution in [0.25, 0.3) is 0 Å². The van der Waals surface area contributed by atoms with E-state index in [1.54, 1.807) is 42.5 Å². The highest BCUT2D eigenvalue weighted by molar-refractivity contribution is 14.1. The molecule has 5 nitrogen and oxygen atoms in total. The van der Waals surface area contributed by atoms with E-state index in [9.17, 15) is 18.3 Å². The van der Waals surface area contributed by atoms with Crippen LogP contribution in [-0.2, 0) is 14.8 Å². The fraction of sp³-hybridized carbons (Fsp3) is 0.133. The summed E-state index contributed by atoms with van der Waals surface area (Å²) < 4.78 is 27.5. The van der Waals surface area contributed by atoms with Gasteiger partial charge in [0.25, 0.3) is 10.0 Å². The average Bonchev–Trinajstić information content (AvgIpc) is 2.50. The van der Waals surface area contributed by atoms with Crippen LogP contribution in [-0.4, -0.2) is 25.5 Å². The standard InChI is InChI=1S/C15H14INO4S/c1-11(15(18)19)17(13-9-7-12(16)8-10-13)22(20,21)14-5-3-2-4-6-14/h2-11H,1H3,(H,18,19). The second-order valence-corrected chi connectivity index (χ2v) is 7.67. The molecule has 0 heterocycles. The maximum Gasteiger partial charge on any atom is 0.327 e. The lowest BCUT2D eigenvalue weighted by Gasteiger charge is -2.28. The van der Waals surface area contributed by atoms with Crippen molar-refractivity contribution in [3.63, 3.8) is 0 Å². The molecule has 0 aliphatic rings. The van der Waals surface area contributed by atoms with Gasteiger partial charge in [-0.1, -0.05) is 18.2 Å². The van der Waals surface area contributed by atoms with Crippen LogP contribution < -0.4 is 4.31 Å². The van der Waals surface area contributed by atoms with Crippen molar-refractivity contribution in [3.8, 4) is 0 Å². The second kappa shape index (κ2) is 6.66. The van der Waals surface area contributed by atoms with Crippen LogP contribution in [0.4, 0.5) is 5.69 Å². The van der Waals surface area contributed by atoms with E-state index in [0.717, 1.165) is 7.88 Å². The fourth-order valence-corrected chi connectivity index (χ4v) is 3.96. The lowest BCUT2D eigenvalue weighted by atomic mass is 10.2. The molecule has 0 amide bonds. The molecular weight excluding hydrogens is 417 g/mol. The van der Waals surface area contributed by atoms with Gasteiger partial charge >= 0.3 is 5.97 Å². The molecule has 2 aromatic carbocycles. The molecule has 7 heteroatoms. The first-order valence-electron chi connectivity index (χ1n) is 6.42. The van der Waals surface area contributed by atoms with Crippen molar-refractivity contribution in [1.82, 2.24) is 0 Å². The molecule has 1 atom stereocenters. The molecule has 116 valence electrons. The van der Waals surface area contributed by atoms with Gasteiger partial charge in [-0.2, -0.15) is 0 Å². The van der Waals surface area contributed by atoms with Gasteiger partial charge < -0.3 is 5.11 Å². The number of carbonyl (C=O) groups is 1. The van der Waals surface area contributed by atoms with Gasteiger partial charge in [0.2, 0.25) is 0 Å². The SMILES string of the molecule is CC(C(=O)O)N(c1ccc(I)cc1)S(=O)(=O)c1ccccc1. The van der Waals surface area contributed by atoms with Crippen LogP contribution in [0.15, 0.2) is 59.5 Å². The Hall–Kier alpha value is -1.61. The molecule has 1 unspecified atom stereocenters. The molecule has 2 rings (SSSR count). The van der Waals surface area contributed by atoms with E-state index in [1.807, 2.05) is 0 Å². The Morgan fingerprint density at radius 3 is 2.14 bits per heavy atom. The Labute approximate surface area is 142 Å². The van der Waals surface area contributed by atoms with Crippen molar-refractivity contribution in [3.05, 3.63) is 58.2 Å². The molecular formula is C15H14INO4S. The third kappa shape index (κ3) is 3.41. The van der Waals surface area contributed by atoms with Gasteiger partial charge in [-0.15, -0.1) is 0 Å². The average molecular weight is 431 g/mol. The van der Waals surface area contributed by atoms with Crippen molar-refractivity contribution in [2.75, 3.05) is 4.31 Å². The number of hydrogen-bond acceptors (Lipinski definition) is 3. The first kappa shape index (κ1) is 16.8. The topological polar surface area (TPSA) is 74.7 Å². The Bertz CT molecular complexity index is 760. The molecule has 0 saturated carbocycles. The molecule has 0 fully saturated rings. The number of rotatable bonds is 5. The summed E-state index contributed by atoms with van der Waals surface area (Å²) in [4.78, 5) is 11.4. The third-order valence-corrected chi connectivity index (χ3v) is 5.72. The van der Waals surface area contributed by atoms with Gasteiger partial charge in [0.1, 0.15) is 6.04 Å². The third-order valence-electron chi connectivity index (χ3n) is 3.09. The van der Waals surface area contributed by atoms with Gasteiger partial charge in [0.05, 0.1) is 10.6 Å². The monoisotopic (exact) mass is 431 g/mol. The molecule has 0 saturated heterocycles. The minimum atomic E-state index is -3.96. The van der Waals surface area contributed by atoms with Gasteiger partial charge in [0.15, 0.2) is 0 Å². The van der Waals surface area contributed by atoms with Gasteiger partial charge in [-0.25, -0.2) is 13.2 Å². The summed E-state index contributed by atoms with van der Waals surface area (Å²) >= 11 is 2.10. The van der Waals surface area contributed by atoms with Crippen LogP contribution in [0.5, 0.6) is 0 Å². The van der Waals surface area contributed by atoms with Gasteiger partial charge in [-0.3, -0.25) is 4.31 Å². The zero-order chi connectivity index (χ0) is 16.3. The summed E-state index contributed by atoms with van der Waals surface area (Å²) in [6, 6.07) is 13.3. The summed E-state index contributed by atoms with van der Waals surface area (Å²) in [5, 5.41) is 9.27. The molecule has 0 aliphatic carbocycles. The highest BCUT2D eigenvalue weighted by atomic mass is 127. The smallest absolute Gasteiger partial charge is 0.327 e. The maximum atomic E-state index is 12.8. The predicted molar refractivity (Wildman–Crippen MR) is 92.4 cm³/mol. The molecule has 22 heavy (non-hydrogen) atoms. The van der Waals surface area contributed by atoms with Crippen molar-refractivity contribution in [2.24, 2.45) is 0 Å². The van der Waals surface area contributed by atoms with Crippen LogP contribution in [0.3, 0.4) is 0 Å². The normalized spacial score (nSPS) is 12.6. The van der Waals surface area contributed by atoms with Crippen molar-refractivity contribution in [1.29, 1.82) is 0 Å². The molecule has 2 aromatic rings. The maximum absolute atomic E-state index is 12.8. The van der Waals surface area contributed by atoms with E-state index in [1.165, 1.54) is 19.1 Å². The van der Waals surface area contributed by atoms with Crippen LogP contribution in [0, 0.1) is 3.57 Å². The predicted octanol–water partition coefficient (Wildman–Crippen LogP) is 2.96. The van der Waals surface area contributed by atoms with Crippen molar-refractivity contribution in [2.45, 2.75) is 17.9 Å². The highest BCUT2D eigenvalue weighted by Gasteiger charge is 2.33. The number of sulfonamides is 1. The summed E-state index contributed by atoms with van der Waals surface area (Å²) in [5.74, 6) is -1.21. The molecule has 0 radical (unpaired) electrons. The zero-order valence-corrected chi connectivity index (χ0v) is 14.7. The van der Waals surface area contributed by atoms with Crippen LogP contribution in [0.1, 0.15) is 6.92 Å². The largest absolute Gasteiger partial charge is 0.480 e. The fourth-order valence-electron chi connectivity index (χ4n) is 1.96. The van der Waals surface area contributed by atoms with E-state index in [4.69, 9.17) is 0 Å². The van der Waals surface area contributed by atoms with E-state index >= 15 is 0 Å². The Morgan fingerprint density at radius 1 is 1.09 bits per heavy atom. The number of halogens is 1. The molecule has 0 bridgehead atoms. The Balaban J connectivity index is 2.59. The Morgan fingerprint density at radius 2 is 1.64 bits per heavy atom. The first-order valence-corrected chi connectivity index (χ1v) is 8.94. The van der Waals surface area contributed by atoms with Gasteiger partial charge in [0, 0.05) is 3.57 Å². The van der Waals surface area contributed by atoms with Gasteiger partial charge in [-0.05, 0) is 65.9 Å². The van der Waals surface area contributed by atoms with Crippen LogP contribution >= 0.6 is 22.6 Å². The van der Waals surface area contributed by atoms with Crippen molar-refractivity contribution < 1.29 is 18.3 Å².